The zero-order chi connectivity index (χ0) is 6.85. The van der Waals surface area contributed by atoms with Crippen LogP contribution in [0.1, 0.15) is 0 Å². The zero-order valence-corrected chi connectivity index (χ0v) is 4.04. The van der Waals surface area contributed by atoms with Gasteiger partial charge in [0.05, 0.1) is 0 Å². The van der Waals surface area contributed by atoms with Crippen molar-refractivity contribution in [3.8, 4) is 0 Å². The molecule has 1 N–H and O–H groups in total. The summed E-state index contributed by atoms with van der Waals surface area (Å²) >= 11 is 0. The Kier molecular flexibility index (Phi) is 1.10. The Labute approximate surface area is 47.9 Å². The molecule has 0 aromatic carbocycles. The van der Waals surface area contributed by atoms with Gasteiger partial charge >= 0.3 is 12.0 Å². The molecule has 1 aromatic heterocycles. The van der Waals surface area contributed by atoms with E-state index in [1.807, 2.05) is 0 Å². The second-order valence-electron chi connectivity index (χ2n) is 1.19. The fourth-order valence-electron chi connectivity index (χ4n) is 0.315. The van der Waals surface area contributed by atoms with Gasteiger partial charge in [-0.3, -0.25) is 0 Å². The van der Waals surface area contributed by atoms with Crippen molar-refractivity contribution in [3.05, 3.63) is 16.2 Å². The third-order valence-electron chi connectivity index (χ3n) is 0.619. The van der Waals surface area contributed by atoms with E-state index in [0.29, 0.717) is 0 Å². The molecule has 0 amide bonds. The molecule has 0 fully saturated rings. The summed E-state index contributed by atoms with van der Waals surface area (Å²) in [5.41, 5.74) is 0. The number of nitro groups is 1. The largest absolute Gasteiger partial charge is 0.456 e. The van der Waals surface area contributed by atoms with Crippen LogP contribution in [0.15, 0.2) is 0 Å². The van der Waals surface area contributed by atoms with Crippen LogP contribution in [0.3, 0.4) is 0 Å². The Morgan fingerprint density at radius 3 is 2.67 bits per heavy atom. The Morgan fingerprint density at radius 2 is 2.44 bits per heavy atom. The maximum atomic E-state index is 11.7. The van der Waals surface area contributed by atoms with Crippen molar-refractivity contribution in [2.45, 2.75) is 0 Å². The molecule has 1 rings (SSSR count). The van der Waals surface area contributed by atoms with E-state index < -0.39 is 16.9 Å². The van der Waals surface area contributed by atoms with Crippen LogP contribution in [0, 0.1) is 16.2 Å². The molecule has 0 aliphatic carbocycles. The van der Waals surface area contributed by atoms with Crippen LogP contribution in [0.5, 0.6) is 0 Å². The summed E-state index contributed by atoms with van der Waals surface area (Å²) in [4.78, 5) is 11.6. The summed E-state index contributed by atoms with van der Waals surface area (Å²) in [6, 6.07) is 0. The average molecular weight is 132 g/mol. The standard InChI is InChI=1S/C2HFN4O2/c3-1-4-2(6-5-1)7(8)9/h(H,4,5,6). The normalized spacial score (nSPS) is 9.44. The van der Waals surface area contributed by atoms with E-state index in [0.717, 1.165) is 0 Å². The van der Waals surface area contributed by atoms with E-state index >= 15 is 0 Å². The van der Waals surface area contributed by atoms with Crippen molar-refractivity contribution < 1.29 is 9.31 Å². The number of nitrogens with one attached hydrogen (secondary N) is 1. The van der Waals surface area contributed by atoms with Crippen LogP contribution in [0.25, 0.3) is 0 Å². The molecule has 1 heterocycles. The van der Waals surface area contributed by atoms with Crippen molar-refractivity contribution in [3.63, 3.8) is 0 Å². The molecule has 7 heteroatoms. The van der Waals surface area contributed by atoms with E-state index in [2.05, 4.69) is 10.1 Å². The number of aromatic amines is 1. The molecular formula is C2HFN4O2. The topological polar surface area (TPSA) is 84.7 Å². The minimum Gasteiger partial charge on any atom is -0.390 e. The van der Waals surface area contributed by atoms with Crippen LogP contribution in [0.4, 0.5) is 10.3 Å². The molecule has 0 aliphatic heterocycles. The maximum absolute atomic E-state index is 11.7. The number of hydrogen-bond donors (Lipinski definition) is 1. The van der Waals surface area contributed by atoms with Crippen LogP contribution < -0.4 is 0 Å². The molecule has 0 saturated carbocycles. The highest BCUT2D eigenvalue weighted by Crippen LogP contribution is 1.98. The molecule has 0 bridgehead atoms. The Balaban J connectivity index is 2.98. The van der Waals surface area contributed by atoms with E-state index in [1.165, 1.54) is 0 Å². The fourth-order valence-corrected chi connectivity index (χ4v) is 0.315. The highest BCUT2D eigenvalue weighted by atomic mass is 19.1. The first-order valence-corrected chi connectivity index (χ1v) is 1.92. The minimum atomic E-state index is -1.12. The highest BCUT2D eigenvalue weighted by Gasteiger charge is 2.11. The SMILES string of the molecule is O=[N+]([O-])c1nc(F)n[nH]1. The lowest BCUT2D eigenvalue weighted by atomic mass is 11.1. The summed E-state index contributed by atoms with van der Waals surface area (Å²) in [6.07, 6.45) is -1.12. The van der Waals surface area contributed by atoms with Crippen molar-refractivity contribution in [1.82, 2.24) is 15.2 Å². The monoisotopic (exact) mass is 132 g/mol. The summed E-state index contributed by atoms with van der Waals surface area (Å²) < 4.78 is 11.7. The number of hydrogen-bond acceptors (Lipinski definition) is 4. The molecule has 9 heavy (non-hydrogen) atoms. The Morgan fingerprint density at radius 1 is 1.78 bits per heavy atom. The minimum absolute atomic E-state index is 0.687. The van der Waals surface area contributed by atoms with Gasteiger partial charge in [-0.15, -0.1) is 9.49 Å². The molecule has 0 aliphatic rings. The van der Waals surface area contributed by atoms with Gasteiger partial charge < -0.3 is 10.1 Å². The molecule has 0 radical (unpaired) electrons. The average Bonchev–Trinajstić information content (AvgIpc) is 2.14. The first-order chi connectivity index (χ1) is 4.20. The van der Waals surface area contributed by atoms with Gasteiger partial charge in [-0.25, -0.2) is 0 Å². The second-order valence-corrected chi connectivity index (χ2v) is 1.19. The zero-order valence-electron chi connectivity index (χ0n) is 4.04. The van der Waals surface area contributed by atoms with Gasteiger partial charge in [0.1, 0.15) is 0 Å². The first kappa shape index (κ1) is 5.60. The van der Waals surface area contributed by atoms with Gasteiger partial charge in [-0.1, -0.05) is 0 Å². The molecule has 1 aromatic rings. The molecular weight excluding hydrogens is 131 g/mol. The lowest BCUT2D eigenvalue weighted by molar-refractivity contribution is -0.394. The number of H-pyrrole nitrogens is 1. The summed E-state index contributed by atoms with van der Waals surface area (Å²) in [5, 5.41) is 14.3. The molecule has 6 nitrogen and oxygen atoms in total. The maximum Gasteiger partial charge on any atom is 0.456 e. The predicted octanol–water partition coefficient (Wildman–Crippen LogP) is -0.148. The smallest absolute Gasteiger partial charge is 0.390 e. The van der Waals surface area contributed by atoms with Crippen LogP contribution in [-0.2, 0) is 0 Å². The van der Waals surface area contributed by atoms with E-state index in [1.54, 1.807) is 5.10 Å². The van der Waals surface area contributed by atoms with Crippen LogP contribution in [-0.4, -0.2) is 20.1 Å². The molecule has 48 valence electrons. The Bertz CT molecular complexity index is 232. The quantitative estimate of drug-likeness (QED) is 0.425. The number of aromatic nitrogens is 3. The summed E-state index contributed by atoms with van der Waals surface area (Å²) in [5.74, 6) is -0.687. The molecule has 0 atom stereocenters. The van der Waals surface area contributed by atoms with Crippen molar-refractivity contribution >= 4 is 5.95 Å². The third-order valence-corrected chi connectivity index (χ3v) is 0.619. The summed E-state index contributed by atoms with van der Waals surface area (Å²) in [6.45, 7) is 0. The van der Waals surface area contributed by atoms with Gasteiger partial charge in [-0.05, 0) is 15.0 Å². The second kappa shape index (κ2) is 1.77. The number of rotatable bonds is 1. The molecule has 0 unspecified atom stereocenters. The van der Waals surface area contributed by atoms with Crippen molar-refractivity contribution in [1.29, 1.82) is 0 Å². The molecule has 0 saturated heterocycles. The number of nitrogens with zero attached hydrogens (tertiary/aromatic N) is 3. The van der Waals surface area contributed by atoms with Gasteiger partial charge in [0.25, 0.3) is 0 Å². The summed E-state index contributed by atoms with van der Waals surface area (Å²) in [7, 11) is 0. The molecule has 0 spiro atoms. The van der Waals surface area contributed by atoms with Gasteiger partial charge in [-0.2, -0.15) is 0 Å². The lowest BCUT2D eigenvalue weighted by Crippen LogP contribution is -1.89. The van der Waals surface area contributed by atoms with Gasteiger partial charge in [0, 0.05) is 0 Å². The van der Waals surface area contributed by atoms with E-state index in [4.69, 9.17) is 0 Å². The van der Waals surface area contributed by atoms with E-state index in [9.17, 15) is 14.5 Å². The van der Waals surface area contributed by atoms with Gasteiger partial charge in [0.2, 0.25) is 0 Å². The fraction of sp³-hybridized carbons (Fsp3) is 0. The van der Waals surface area contributed by atoms with Crippen molar-refractivity contribution in [2.24, 2.45) is 0 Å². The van der Waals surface area contributed by atoms with Crippen molar-refractivity contribution in [2.75, 3.05) is 0 Å². The van der Waals surface area contributed by atoms with E-state index in [-0.39, 0.29) is 0 Å². The third kappa shape index (κ3) is 0.983. The number of halogens is 1. The first-order valence-electron chi connectivity index (χ1n) is 1.92. The highest BCUT2D eigenvalue weighted by molar-refractivity contribution is 4.96. The van der Waals surface area contributed by atoms with Gasteiger partial charge in [0.15, 0.2) is 0 Å². The Hall–Kier alpha value is -1.53. The lowest BCUT2D eigenvalue weighted by Gasteiger charge is -1.82. The van der Waals surface area contributed by atoms with Crippen LogP contribution >= 0.6 is 0 Å². The predicted molar refractivity (Wildman–Crippen MR) is 23.0 cm³/mol. The van der Waals surface area contributed by atoms with Crippen LogP contribution in [0.2, 0.25) is 0 Å².